The maximum absolute atomic E-state index is 12.8. The first-order valence-electron chi connectivity index (χ1n) is 8.27. The van der Waals surface area contributed by atoms with Gasteiger partial charge >= 0.3 is 0 Å². The third kappa shape index (κ3) is 2.53. The first-order valence-corrected chi connectivity index (χ1v) is 8.27. The number of anilines is 1. The number of para-hydroxylation sites is 1. The number of nitrogens with zero attached hydrogens (tertiary/aromatic N) is 4. The van der Waals surface area contributed by atoms with E-state index in [1.54, 1.807) is 0 Å². The zero-order valence-electron chi connectivity index (χ0n) is 13.3. The number of hydrogen-bond donors (Lipinski definition) is 1. The van der Waals surface area contributed by atoms with E-state index >= 15 is 0 Å². The Labute approximate surface area is 135 Å². The number of aromatic nitrogens is 3. The molecule has 0 bridgehead atoms. The number of rotatable bonds is 2. The molecule has 0 aliphatic carbocycles. The van der Waals surface area contributed by atoms with Crippen LogP contribution in [0.15, 0.2) is 30.5 Å². The van der Waals surface area contributed by atoms with Crippen LogP contribution in [0, 0.1) is 0 Å². The van der Waals surface area contributed by atoms with Gasteiger partial charge in [-0.1, -0.05) is 30.3 Å². The molecule has 1 amide bonds. The molecule has 0 radical (unpaired) electrons. The van der Waals surface area contributed by atoms with Crippen molar-refractivity contribution < 1.29 is 4.79 Å². The Hall–Kier alpha value is -2.21. The monoisotopic (exact) mass is 311 g/mol. The molecule has 3 heterocycles. The highest BCUT2D eigenvalue weighted by atomic mass is 16.2. The molecule has 1 aromatic heterocycles. The molecule has 0 unspecified atom stereocenters. The summed E-state index contributed by atoms with van der Waals surface area (Å²) in [5, 5.41) is 11.7. The summed E-state index contributed by atoms with van der Waals surface area (Å²) >= 11 is 0. The third-order valence-corrected chi connectivity index (χ3v) is 4.87. The van der Waals surface area contributed by atoms with E-state index in [1.165, 1.54) is 5.56 Å². The van der Waals surface area contributed by atoms with E-state index in [9.17, 15) is 4.79 Å². The van der Waals surface area contributed by atoms with Crippen molar-refractivity contribution >= 4 is 11.6 Å². The molecule has 1 aromatic carbocycles. The van der Waals surface area contributed by atoms with Crippen molar-refractivity contribution in [2.75, 3.05) is 24.5 Å². The highest BCUT2D eigenvalue weighted by Crippen LogP contribution is 2.36. The molecule has 4 rings (SSSR count). The summed E-state index contributed by atoms with van der Waals surface area (Å²) in [7, 11) is 0. The van der Waals surface area contributed by atoms with Crippen LogP contribution in [-0.2, 0) is 0 Å². The minimum Gasteiger partial charge on any atom is -0.317 e. The van der Waals surface area contributed by atoms with Crippen molar-refractivity contribution in [2.45, 2.75) is 31.7 Å². The molecule has 23 heavy (non-hydrogen) atoms. The summed E-state index contributed by atoms with van der Waals surface area (Å²) in [6.45, 7) is 4.84. The van der Waals surface area contributed by atoms with Gasteiger partial charge in [-0.3, -0.25) is 4.79 Å². The Balaban J connectivity index is 1.57. The molecule has 1 atom stereocenters. The van der Waals surface area contributed by atoms with Crippen LogP contribution in [0.3, 0.4) is 0 Å². The van der Waals surface area contributed by atoms with E-state index in [4.69, 9.17) is 0 Å². The Morgan fingerprint density at radius 3 is 2.87 bits per heavy atom. The summed E-state index contributed by atoms with van der Waals surface area (Å²) in [6.07, 6.45) is 3.87. The lowest BCUT2D eigenvalue weighted by Gasteiger charge is -2.22. The number of benzene rings is 1. The highest BCUT2D eigenvalue weighted by Gasteiger charge is 2.31. The van der Waals surface area contributed by atoms with E-state index in [-0.39, 0.29) is 5.91 Å². The molecule has 2 aromatic rings. The second-order valence-electron chi connectivity index (χ2n) is 6.44. The van der Waals surface area contributed by atoms with Gasteiger partial charge in [-0.05, 0) is 37.6 Å². The fraction of sp³-hybridized carbons (Fsp3) is 0.471. The van der Waals surface area contributed by atoms with Crippen molar-refractivity contribution in [1.82, 2.24) is 20.3 Å². The van der Waals surface area contributed by atoms with Crippen LogP contribution < -0.4 is 10.2 Å². The van der Waals surface area contributed by atoms with Crippen LogP contribution in [0.4, 0.5) is 5.69 Å². The van der Waals surface area contributed by atoms with E-state index < -0.39 is 0 Å². The lowest BCUT2D eigenvalue weighted by atomic mass is 10.0. The van der Waals surface area contributed by atoms with E-state index in [1.807, 2.05) is 34.0 Å². The van der Waals surface area contributed by atoms with Crippen LogP contribution in [-0.4, -0.2) is 40.5 Å². The van der Waals surface area contributed by atoms with Gasteiger partial charge in [0.1, 0.15) is 0 Å². The molecule has 0 saturated carbocycles. The molecule has 1 fully saturated rings. The molecule has 2 aliphatic rings. The first kappa shape index (κ1) is 14.4. The van der Waals surface area contributed by atoms with Gasteiger partial charge in [-0.25, -0.2) is 4.68 Å². The topological polar surface area (TPSA) is 63.1 Å². The number of nitrogens with one attached hydrogen (secondary N) is 1. The zero-order chi connectivity index (χ0) is 15.8. The number of carbonyl (C=O) groups excluding carboxylic acids is 1. The Bertz CT molecular complexity index is 719. The maximum atomic E-state index is 12.8. The lowest BCUT2D eigenvalue weighted by Crippen LogP contribution is -2.30. The quantitative estimate of drug-likeness (QED) is 0.921. The normalized spacial score (nSPS) is 21.4. The Morgan fingerprint density at radius 2 is 2.04 bits per heavy atom. The van der Waals surface area contributed by atoms with Crippen LogP contribution in [0.25, 0.3) is 0 Å². The molecular formula is C17H21N5O. The molecule has 120 valence electrons. The maximum Gasteiger partial charge on any atom is 0.280 e. The Kier molecular flexibility index (Phi) is 3.61. The van der Waals surface area contributed by atoms with Gasteiger partial charge in [0.05, 0.1) is 12.2 Å². The predicted molar refractivity (Wildman–Crippen MR) is 87.7 cm³/mol. The molecule has 0 spiro atoms. The van der Waals surface area contributed by atoms with Crippen LogP contribution in [0.5, 0.6) is 0 Å². The number of amides is 1. The van der Waals surface area contributed by atoms with E-state index in [0.29, 0.717) is 24.2 Å². The average Bonchev–Trinajstić information content (AvgIpc) is 3.21. The van der Waals surface area contributed by atoms with Gasteiger partial charge in [0.15, 0.2) is 5.69 Å². The standard InChI is InChI=1S/C17H21N5O/c1-12-10-21(16-5-3-2-4-14(12)16)17(23)15-11-22(20-19-15)13-6-8-18-9-7-13/h2-5,11-13,18H,6-10H2,1H3/t12-/m1/s1. The highest BCUT2D eigenvalue weighted by molar-refractivity contribution is 6.06. The van der Waals surface area contributed by atoms with E-state index in [2.05, 4.69) is 28.6 Å². The molecule has 2 aliphatic heterocycles. The van der Waals surface area contributed by atoms with Crippen LogP contribution in [0.1, 0.15) is 47.8 Å². The van der Waals surface area contributed by atoms with E-state index in [0.717, 1.165) is 31.6 Å². The summed E-state index contributed by atoms with van der Waals surface area (Å²) < 4.78 is 1.86. The minimum absolute atomic E-state index is 0.0537. The fourth-order valence-corrected chi connectivity index (χ4v) is 3.58. The first-order chi connectivity index (χ1) is 11.2. The van der Waals surface area contributed by atoms with Gasteiger partial charge in [-0.15, -0.1) is 5.10 Å². The minimum atomic E-state index is -0.0537. The van der Waals surface area contributed by atoms with Crippen molar-refractivity contribution in [3.63, 3.8) is 0 Å². The summed E-state index contributed by atoms with van der Waals surface area (Å²) in [4.78, 5) is 14.7. The summed E-state index contributed by atoms with van der Waals surface area (Å²) in [5.41, 5.74) is 2.67. The molecule has 6 nitrogen and oxygen atoms in total. The Morgan fingerprint density at radius 1 is 1.26 bits per heavy atom. The molecular weight excluding hydrogens is 290 g/mol. The average molecular weight is 311 g/mol. The number of fused-ring (bicyclic) bond motifs is 1. The molecule has 1 N–H and O–H groups in total. The van der Waals surface area contributed by atoms with Crippen LogP contribution >= 0.6 is 0 Å². The predicted octanol–water partition coefficient (Wildman–Crippen LogP) is 1.97. The molecule has 6 heteroatoms. The third-order valence-electron chi connectivity index (χ3n) is 4.87. The zero-order valence-corrected chi connectivity index (χ0v) is 13.3. The van der Waals surface area contributed by atoms with Crippen molar-refractivity contribution in [1.29, 1.82) is 0 Å². The van der Waals surface area contributed by atoms with Crippen LogP contribution in [0.2, 0.25) is 0 Å². The lowest BCUT2D eigenvalue weighted by molar-refractivity contribution is 0.0983. The van der Waals surface area contributed by atoms with Gasteiger partial charge in [0.2, 0.25) is 0 Å². The largest absolute Gasteiger partial charge is 0.317 e. The van der Waals surface area contributed by atoms with Crippen molar-refractivity contribution in [2.24, 2.45) is 0 Å². The number of carbonyl (C=O) groups is 1. The fourth-order valence-electron chi connectivity index (χ4n) is 3.58. The van der Waals surface area contributed by atoms with Gasteiger partial charge < -0.3 is 10.2 Å². The molecule has 1 saturated heterocycles. The number of hydrogen-bond acceptors (Lipinski definition) is 4. The van der Waals surface area contributed by atoms with Gasteiger partial charge in [0.25, 0.3) is 5.91 Å². The van der Waals surface area contributed by atoms with Gasteiger partial charge in [-0.2, -0.15) is 0 Å². The van der Waals surface area contributed by atoms with Gasteiger partial charge in [0, 0.05) is 18.2 Å². The summed E-state index contributed by atoms with van der Waals surface area (Å²) in [5.74, 6) is 0.302. The SMILES string of the molecule is C[C@@H]1CN(C(=O)c2cn(C3CCNCC3)nn2)c2ccccc21. The number of piperidine rings is 1. The smallest absolute Gasteiger partial charge is 0.280 e. The van der Waals surface area contributed by atoms with Crippen molar-refractivity contribution in [3.05, 3.63) is 41.7 Å². The second kappa shape index (κ2) is 5.77. The second-order valence-corrected chi connectivity index (χ2v) is 6.44. The summed E-state index contributed by atoms with van der Waals surface area (Å²) in [6, 6.07) is 8.45. The van der Waals surface area contributed by atoms with Crippen molar-refractivity contribution in [3.8, 4) is 0 Å².